The second-order valence-corrected chi connectivity index (χ2v) is 4.49. The predicted molar refractivity (Wildman–Crippen MR) is 66.5 cm³/mol. The minimum absolute atomic E-state index is 0.114. The summed E-state index contributed by atoms with van der Waals surface area (Å²) < 4.78 is 0. The van der Waals surface area contributed by atoms with Gasteiger partial charge in [0.15, 0.2) is 0 Å². The van der Waals surface area contributed by atoms with Crippen molar-refractivity contribution >= 4 is 23.5 Å². The zero-order valence-corrected chi connectivity index (χ0v) is 10.3. The van der Waals surface area contributed by atoms with Gasteiger partial charge in [0.25, 0.3) is 0 Å². The molecule has 0 heterocycles. The summed E-state index contributed by atoms with van der Waals surface area (Å²) in [4.78, 5) is 21.7. The summed E-state index contributed by atoms with van der Waals surface area (Å²) in [5, 5.41) is 18.3. The Morgan fingerprint density at radius 1 is 1.28 bits per heavy atom. The second kappa shape index (κ2) is 6.37. The summed E-state index contributed by atoms with van der Waals surface area (Å²) in [7, 11) is 0. The molecule has 4 N–H and O–H groups in total. The van der Waals surface area contributed by atoms with Crippen molar-refractivity contribution in [2.75, 3.05) is 0 Å². The Morgan fingerprint density at radius 2 is 1.94 bits per heavy atom. The molecule has 1 unspecified atom stereocenters. The largest absolute Gasteiger partial charge is 0.481 e. The van der Waals surface area contributed by atoms with Crippen LogP contribution in [0, 0.1) is 5.92 Å². The fraction of sp³-hybridized carbons (Fsp3) is 0.333. The van der Waals surface area contributed by atoms with Crippen molar-refractivity contribution in [3.05, 3.63) is 34.9 Å². The molecule has 1 aromatic rings. The van der Waals surface area contributed by atoms with E-state index in [0.717, 1.165) is 5.56 Å². The first kappa shape index (κ1) is 14.5. The number of carbonyl (C=O) groups is 2. The van der Waals surface area contributed by atoms with E-state index in [4.69, 9.17) is 27.5 Å². The lowest BCUT2D eigenvalue weighted by atomic mass is 9.93. The van der Waals surface area contributed by atoms with E-state index < -0.39 is 23.9 Å². The predicted octanol–water partition coefficient (Wildman–Crippen LogP) is 1.39. The second-order valence-electron chi connectivity index (χ2n) is 4.05. The minimum Gasteiger partial charge on any atom is -0.481 e. The average molecular weight is 272 g/mol. The lowest BCUT2D eigenvalue weighted by Gasteiger charge is -2.15. The van der Waals surface area contributed by atoms with Crippen LogP contribution in [0.25, 0.3) is 0 Å². The smallest absolute Gasteiger partial charge is 0.320 e. The fourth-order valence-corrected chi connectivity index (χ4v) is 1.84. The average Bonchev–Trinajstić information content (AvgIpc) is 2.27. The van der Waals surface area contributed by atoms with Crippen LogP contribution in [-0.2, 0) is 16.0 Å². The fourth-order valence-electron chi connectivity index (χ4n) is 1.63. The number of hydrogen-bond donors (Lipinski definition) is 3. The molecule has 0 spiro atoms. The van der Waals surface area contributed by atoms with E-state index in [2.05, 4.69) is 0 Å². The molecule has 0 fully saturated rings. The van der Waals surface area contributed by atoms with Crippen molar-refractivity contribution in [3.8, 4) is 0 Å². The molecule has 1 aromatic carbocycles. The summed E-state index contributed by atoms with van der Waals surface area (Å²) in [6.45, 7) is 0. The first-order chi connectivity index (χ1) is 8.40. The maximum absolute atomic E-state index is 11.1. The van der Waals surface area contributed by atoms with Gasteiger partial charge in [-0.3, -0.25) is 9.59 Å². The zero-order chi connectivity index (χ0) is 13.7. The van der Waals surface area contributed by atoms with Crippen molar-refractivity contribution in [1.82, 2.24) is 0 Å². The molecule has 0 saturated carbocycles. The molecule has 0 radical (unpaired) electrons. The molecule has 2 atom stereocenters. The Hall–Kier alpha value is -1.59. The Bertz CT molecular complexity index is 449. The highest BCUT2D eigenvalue weighted by Crippen LogP contribution is 2.17. The number of nitrogens with two attached hydrogens (primary N) is 1. The van der Waals surface area contributed by atoms with Gasteiger partial charge in [-0.2, -0.15) is 0 Å². The van der Waals surface area contributed by atoms with Gasteiger partial charge in [0.05, 0.1) is 5.92 Å². The highest BCUT2D eigenvalue weighted by atomic mass is 35.5. The first-order valence-corrected chi connectivity index (χ1v) is 5.73. The van der Waals surface area contributed by atoms with E-state index in [9.17, 15) is 9.59 Å². The van der Waals surface area contributed by atoms with Gasteiger partial charge in [0.2, 0.25) is 0 Å². The van der Waals surface area contributed by atoms with Gasteiger partial charge < -0.3 is 15.9 Å². The number of benzene rings is 1. The highest BCUT2D eigenvalue weighted by molar-refractivity contribution is 6.30. The number of hydrogen-bond acceptors (Lipinski definition) is 3. The van der Waals surface area contributed by atoms with Crippen molar-refractivity contribution < 1.29 is 19.8 Å². The number of carboxylic acids is 2. The summed E-state index contributed by atoms with van der Waals surface area (Å²) in [5.74, 6) is -3.10. The highest BCUT2D eigenvalue weighted by Gasteiger charge is 2.24. The summed E-state index contributed by atoms with van der Waals surface area (Å²) >= 11 is 5.80. The van der Waals surface area contributed by atoms with Crippen molar-refractivity contribution in [1.29, 1.82) is 0 Å². The molecular formula is C12H14ClNO4. The van der Waals surface area contributed by atoms with Gasteiger partial charge in [-0.15, -0.1) is 0 Å². The maximum Gasteiger partial charge on any atom is 0.320 e. The van der Waals surface area contributed by atoms with Gasteiger partial charge in [-0.05, 0) is 30.5 Å². The van der Waals surface area contributed by atoms with E-state index in [0.29, 0.717) is 5.02 Å². The number of aliphatic carboxylic acids is 2. The van der Waals surface area contributed by atoms with Crippen LogP contribution in [0.3, 0.4) is 0 Å². The molecule has 5 nitrogen and oxygen atoms in total. The third kappa shape index (κ3) is 4.35. The third-order valence-corrected chi connectivity index (χ3v) is 2.81. The summed E-state index contributed by atoms with van der Waals surface area (Å²) in [6, 6.07) is 5.63. The van der Waals surface area contributed by atoms with Gasteiger partial charge in [-0.1, -0.05) is 23.7 Å². The number of halogens is 1. The van der Waals surface area contributed by atoms with E-state index in [1.165, 1.54) is 0 Å². The Balaban J connectivity index is 2.75. The first-order valence-electron chi connectivity index (χ1n) is 5.35. The van der Waals surface area contributed by atoms with Crippen LogP contribution in [0.2, 0.25) is 5.02 Å². The molecule has 0 aliphatic carbocycles. The van der Waals surface area contributed by atoms with Gasteiger partial charge in [0.1, 0.15) is 6.04 Å². The van der Waals surface area contributed by atoms with Gasteiger partial charge >= 0.3 is 11.9 Å². The number of carboxylic acid groups (broad SMARTS) is 2. The van der Waals surface area contributed by atoms with Crippen LogP contribution in [0.5, 0.6) is 0 Å². The van der Waals surface area contributed by atoms with Crippen molar-refractivity contribution in [3.63, 3.8) is 0 Å². The Labute approximate surface area is 109 Å². The molecule has 0 aliphatic rings. The van der Waals surface area contributed by atoms with E-state index in [-0.39, 0.29) is 12.8 Å². The van der Waals surface area contributed by atoms with E-state index in [1.807, 2.05) is 0 Å². The normalized spacial score (nSPS) is 13.9. The van der Waals surface area contributed by atoms with Crippen LogP contribution >= 0.6 is 11.6 Å². The van der Waals surface area contributed by atoms with Crippen molar-refractivity contribution in [2.45, 2.75) is 18.9 Å². The molecule has 0 saturated heterocycles. The van der Waals surface area contributed by atoms with Crippen LogP contribution in [0.15, 0.2) is 24.3 Å². The van der Waals surface area contributed by atoms with Gasteiger partial charge in [-0.25, -0.2) is 0 Å². The molecule has 1 rings (SSSR count). The molecule has 0 aromatic heterocycles. The van der Waals surface area contributed by atoms with E-state index in [1.54, 1.807) is 24.3 Å². The standard InChI is InChI=1S/C12H14ClNO4/c13-9-3-1-2-7(5-9)4-8(11(15)16)6-10(14)12(17)18/h1-3,5,8,10H,4,6,14H2,(H,15,16)(H,17,18)/t8?,10-/m0/s1. The van der Waals surface area contributed by atoms with E-state index >= 15 is 0 Å². The lowest BCUT2D eigenvalue weighted by molar-refractivity contribution is -0.143. The number of rotatable bonds is 6. The minimum atomic E-state index is -1.20. The Morgan fingerprint density at radius 3 is 2.44 bits per heavy atom. The molecule has 0 bridgehead atoms. The zero-order valence-electron chi connectivity index (χ0n) is 9.54. The molecular weight excluding hydrogens is 258 g/mol. The summed E-state index contributed by atoms with van der Waals surface area (Å²) in [5.41, 5.74) is 6.09. The van der Waals surface area contributed by atoms with Gasteiger partial charge in [0, 0.05) is 5.02 Å². The molecule has 0 aliphatic heterocycles. The molecule has 18 heavy (non-hydrogen) atoms. The van der Waals surface area contributed by atoms with Crippen LogP contribution in [-0.4, -0.2) is 28.2 Å². The molecule has 98 valence electrons. The monoisotopic (exact) mass is 271 g/mol. The maximum atomic E-state index is 11.1. The van der Waals surface area contributed by atoms with Crippen LogP contribution < -0.4 is 5.73 Å². The lowest BCUT2D eigenvalue weighted by Crippen LogP contribution is -2.35. The molecule has 0 amide bonds. The Kier molecular flexibility index (Phi) is 5.12. The van der Waals surface area contributed by atoms with Crippen LogP contribution in [0.1, 0.15) is 12.0 Å². The molecule has 6 heteroatoms. The quantitative estimate of drug-likeness (QED) is 0.726. The SMILES string of the molecule is N[C@@H](CC(Cc1cccc(Cl)c1)C(=O)O)C(=O)O. The topological polar surface area (TPSA) is 101 Å². The van der Waals surface area contributed by atoms with Crippen LogP contribution in [0.4, 0.5) is 0 Å². The third-order valence-electron chi connectivity index (χ3n) is 2.58. The van der Waals surface area contributed by atoms with Crippen molar-refractivity contribution in [2.24, 2.45) is 11.7 Å². The summed E-state index contributed by atoms with van der Waals surface area (Å²) in [6.07, 6.45) is 0.0913.